The normalized spacial score (nSPS) is 28.5. The van der Waals surface area contributed by atoms with Crippen molar-refractivity contribution < 1.29 is 35.7 Å². The van der Waals surface area contributed by atoms with Gasteiger partial charge < -0.3 is 30.9 Å². The molecule has 0 aliphatic carbocycles. The highest BCUT2D eigenvalue weighted by molar-refractivity contribution is 5.82. The zero-order chi connectivity index (χ0) is 20.4. The number of hydrogen-bond donors (Lipinski definition) is 0. The van der Waals surface area contributed by atoms with E-state index in [1.165, 1.54) is 0 Å². The van der Waals surface area contributed by atoms with Crippen LogP contribution < -0.4 is 17.0 Å². The number of halogens is 1. The van der Waals surface area contributed by atoms with Crippen LogP contribution in [0.1, 0.15) is 31.4 Å². The summed E-state index contributed by atoms with van der Waals surface area (Å²) >= 11 is 0. The summed E-state index contributed by atoms with van der Waals surface area (Å²) in [5.41, 5.74) is 2.14. The van der Waals surface area contributed by atoms with Gasteiger partial charge in [-0.2, -0.15) is 0 Å². The highest BCUT2D eigenvalue weighted by Gasteiger charge is 2.55. The van der Waals surface area contributed by atoms with Gasteiger partial charge in [0, 0.05) is 37.5 Å². The van der Waals surface area contributed by atoms with Crippen LogP contribution in [0.25, 0.3) is 10.9 Å². The Morgan fingerprint density at radius 1 is 1.37 bits per heavy atom. The van der Waals surface area contributed by atoms with E-state index in [0.29, 0.717) is 25.0 Å². The van der Waals surface area contributed by atoms with Crippen LogP contribution in [0.5, 0.6) is 0 Å². The van der Waals surface area contributed by atoms with E-state index in [4.69, 9.17) is 9.47 Å². The van der Waals surface area contributed by atoms with Crippen molar-refractivity contribution in [2.24, 2.45) is 11.8 Å². The van der Waals surface area contributed by atoms with Crippen molar-refractivity contribution in [1.82, 2.24) is 4.98 Å². The molecule has 162 valence electrons. The number of para-hydroxylation sites is 1. The molecule has 3 aliphatic heterocycles. The number of benzene rings is 1. The van der Waals surface area contributed by atoms with Crippen LogP contribution in [0, 0.1) is 11.8 Å². The van der Waals surface area contributed by atoms with Crippen LogP contribution in [-0.2, 0) is 14.3 Å². The summed E-state index contributed by atoms with van der Waals surface area (Å²) < 4.78 is 12.2. The Morgan fingerprint density at radius 3 is 2.90 bits per heavy atom. The topological polar surface area (TPSA) is 48.4 Å². The number of carbonyl (C=O) groups excluding carboxylic acids is 1. The number of hydrogen-bond acceptors (Lipinski definition) is 4. The van der Waals surface area contributed by atoms with Crippen molar-refractivity contribution in [2.45, 2.75) is 31.9 Å². The van der Waals surface area contributed by atoms with Crippen LogP contribution >= 0.6 is 0 Å². The first-order valence-electron chi connectivity index (χ1n) is 10.6. The number of quaternary nitrogens is 1. The van der Waals surface area contributed by atoms with E-state index in [2.05, 4.69) is 29.8 Å². The lowest BCUT2D eigenvalue weighted by Crippen LogP contribution is -3.00. The monoisotopic (exact) mass is 474 g/mol. The van der Waals surface area contributed by atoms with Crippen LogP contribution in [-0.4, -0.2) is 54.8 Å². The Hall–Kier alpha value is -1.76. The standard InChI is InChI=1S/C24H31N2O3.BrH/c1-4-17-15-26(16-23(27)29-5-2)13-11-18(17)14-22(26)24(28-3)20-10-12-25-21-9-7-6-8-19(20)21;/h4,6-10,12,17-18,22,24H,1,5,11,13-16H2,2-3H3;1H/q+1;/p-1/t17-,18-,22-,24+,26?;/m0./s1. The number of pyridine rings is 1. The van der Waals surface area contributed by atoms with Gasteiger partial charge in [-0.15, -0.1) is 6.58 Å². The molecule has 5 atom stereocenters. The molecule has 0 spiro atoms. The quantitative estimate of drug-likeness (QED) is 0.339. The summed E-state index contributed by atoms with van der Waals surface area (Å²) in [5.74, 6) is 0.932. The fourth-order valence-corrected chi connectivity index (χ4v) is 5.68. The zero-order valence-corrected chi connectivity index (χ0v) is 19.4. The molecule has 0 N–H and O–H groups in total. The summed E-state index contributed by atoms with van der Waals surface area (Å²) in [6.07, 6.45) is 6.01. The van der Waals surface area contributed by atoms with E-state index < -0.39 is 0 Å². The van der Waals surface area contributed by atoms with Gasteiger partial charge in [0.25, 0.3) is 0 Å². The molecule has 1 aromatic heterocycles. The van der Waals surface area contributed by atoms with E-state index in [-0.39, 0.29) is 35.1 Å². The maximum atomic E-state index is 12.6. The van der Waals surface area contributed by atoms with Gasteiger partial charge in [0.2, 0.25) is 0 Å². The van der Waals surface area contributed by atoms with Gasteiger partial charge in [-0.25, -0.2) is 4.79 Å². The van der Waals surface area contributed by atoms with Crippen molar-refractivity contribution in [3.63, 3.8) is 0 Å². The average Bonchev–Trinajstić information content (AvgIpc) is 2.75. The molecule has 0 amide bonds. The first-order valence-corrected chi connectivity index (χ1v) is 10.6. The van der Waals surface area contributed by atoms with Gasteiger partial charge in [0.1, 0.15) is 12.1 Å². The number of methoxy groups -OCH3 is 1. The molecule has 0 saturated carbocycles. The van der Waals surface area contributed by atoms with E-state index in [0.717, 1.165) is 46.9 Å². The molecule has 5 nitrogen and oxygen atoms in total. The van der Waals surface area contributed by atoms with Gasteiger partial charge in [-0.05, 0) is 30.5 Å². The predicted octanol–water partition coefficient (Wildman–Crippen LogP) is 0.901. The molecule has 2 bridgehead atoms. The minimum Gasteiger partial charge on any atom is -1.00 e. The molecule has 3 aliphatic rings. The molecular weight excluding hydrogens is 444 g/mol. The van der Waals surface area contributed by atoms with E-state index >= 15 is 0 Å². The Labute approximate surface area is 189 Å². The second kappa shape index (κ2) is 9.58. The van der Waals surface area contributed by atoms with Crippen LogP contribution in [0.4, 0.5) is 0 Å². The minimum atomic E-state index is -0.116. The highest BCUT2D eigenvalue weighted by Crippen LogP contribution is 2.47. The first-order chi connectivity index (χ1) is 14.1. The molecular formula is C24H31BrN2O3. The Kier molecular flexibility index (Phi) is 7.32. The van der Waals surface area contributed by atoms with E-state index in [9.17, 15) is 4.79 Å². The maximum Gasteiger partial charge on any atom is 0.361 e. The lowest BCUT2D eigenvalue weighted by atomic mass is 9.71. The highest BCUT2D eigenvalue weighted by atomic mass is 79.9. The SMILES string of the molecule is C=C[C@H]1C[N+]2(CC(=O)OCC)CC[C@H]1C[C@H]2[C@H](OC)c1ccnc2ccccc12.[Br-]. The van der Waals surface area contributed by atoms with Crippen molar-refractivity contribution >= 4 is 16.9 Å². The number of nitrogens with zero attached hydrogens (tertiary/aromatic N) is 2. The summed E-state index contributed by atoms with van der Waals surface area (Å²) in [7, 11) is 1.79. The third-order valence-corrected chi connectivity index (χ3v) is 7.02. The molecule has 1 unspecified atom stereocenters. The molecule has 0 radical (unpaired) electrons. The van der Waals surface area contributed by atoms with E-state index in [1.54, 1.807) is 7.11 Å². The largest absolute Gasteiger partial charge is 1.00 e. The van der Waals surface area contributed by atoms with Gasteiger partial charge in [0.15, 0.2) is 6.54 Å². The van der Waals surface area contributed by atoms with Crippen LogP contribution in [0.3, 0.4) is 0 Å². The fourth-order valence-electron chi connectivity index (χ4n) is 5.68. The Balaban J connectivity index is 0.00000256. The second-order valence-electron chi connectivity index (χ2n) is 8.41. The van der Waals surface area contributed by atoms with Gasteiger partial charge in [-0.3, -0.25) is 4.98 Å². The molecule has 6 heteroatoms. The summed E-state index contributed by atoms with van der Waals surface area (Å²) in [6, 6.07) is 10.5. The number of fused-ring (bicyclic) bond motifs is 4. The zero-order valence-electron chi connectivity index (χ0n) is 17.8. The number of aromatic nitrogens is 1. The molecule has 4 heterocycles. The number of carbonyl (C=O) groups is 1. The average molecular weight is 475 g/mol. The van der Waals surface area contributed by atoms with Crippen molar-refractivity contribution in [2.75, 3.05) is 33.4 Å². The Bertz CT molecular complexity index is 900. The van der Waals surface area contributed by atoms with Crippen molar-refractivity contribution in [3.8, 4) is 0 Å². The van der Waals surface area contributed by atoms with Crippen molar-refractivity contribution in [1.29, 1.82) is 0 Å². The lowest BCUT2D eigenvalue weighted by Gasteiger charge is -2.57. The second-order valence-corrected chi connectivity index (χ2v) is 8.41. The summed E-state index contributed by atoms with van der Waals surface area (Å²) in [5, 5.41) is 1.12. The number of ether oxygens (including phenoxy) is 2. The predicted molar refractivity (Wildman–Crippen MR) is 113 cm³/mol. The number of rotatable bonds is 7. The third-order valence-electron chi connectivity index (χ3n) is 7.02. The Morgan fingerprint density at radius 2 is 2.17 bits per heavy atom. The number of piperidine rings is 3. The van der Waals surface area contributed by atoms with Gasteiger partial charge in [0.05, 0.1) is 25.2 Å². The third kappa shape index (κ3) is 4.05. The van der Waals surface area contributed by atoms with Crippen molar-refractivity contribution in [3.05, 3.63) is 54.7 Å². The lowest BCUT2D eigenvalue weighted by molar-refractivity contribution is -0.967. The molecule has 30 heavy (non-hydrogen) atoms. The molecule has 3 saturated heterocycles. The fraction of sp³-hybridized carbons (Fsp3) is 0.500. The first kappa shape index (κ1) is 22.9. The molecule has 3 fully saturated rings. The summed E-state index contributed by atoms with van der Waals surface area (Å²) in [6.45, 7) is 8.68. The van der Waals surface area contributed by atoms with Gasteiger partial charge in [-0.1, -0.05) is 24.3 Å². The number of esters is 1. The van der Waals surface area contributed by atoms with Crippen LogP contribution in [0.15, 0.2) is 49.2 Å². The maximum absolute atomic E-state index is 12.6. The smallest absolute Gasteiger partial charge is 0.361 e. The van der Waals surface area contributed by atoms with Gasteiger partial charge >= 0.3 is 5.97 Å². The molecule has 1 aromatic carbocycles. The molecule has 5 rings (SSSR count). The molecule has 2 aromatic rings. The summed E-state index contributed by atoms with van der Waals surface area (Å²) in [4.78, 5) is 17.1. The minimum absolute atomic E-state index is 0. The van der Waals surface area contributed by atoms with Crippen LogP contribution in [0.2, 0.25) is 0 Å². The van der Waals surface area contributed by atoms with E-state index in [1.807, 2.05) is 31.3 Å².